The summed E-state index contributed by atoms with van der Waals surface area (Å²) in [5, 5.41) is 56.5. The number of aromatic hydroxyl groups is 2. The minimum Gasteiger partial charge on any atom is -0.508 e. The van der Waals surface area contributed by atoms with E-state index >= 15 is 0 Å². The number of hydrogen-bond acceptors (Lipinski definition) is 14. The summed E-state index contributed by atoms with van der Waals surface area (Å²) < 4.78 is 0. The summed E-state index contributed by atoms with van der Waals surface area (Å²) in [5.41, 5.74) is 13.0. The summed E-state index contributed by atoms with van der Waals surface area (Å²) in [6.07, 6.45) is -0.222. The number of phenols is 2. The predicted molar refractivity (Wildman–Crippen MR) is 253 cm³/mol. The molecule has 4 rings (SSSR count). The fourth-order valence-electron chi connectivity index (χ4n) is 7.71. The molecular weight excluding hydrogens is 913 g/mol. The van der Waals surface area contributed by atoms with Crippen LogP contribution in [0.4, 0.5) is 11.4 Å². The van der Waals surface area contributed by atoms with E-state index in [-0.39, 0.29) is 43.7 Å². The maximum Gasteiger partial charge on any atom is 0.310 e. The van der Waals surface area contributed by atoms with Crippen molar-refractivity contribution in [3.05, 3.63) is 93.5 Å². The monoisotopic (exact) mass is 974 g/mol. The van der Waals surface area contributed by atoms with Gasteiger partial charge >= 0.3 is 11.7 Å². The van der Waals surface area contributed by atoms with Gasteiger partial charge in [0, 0.05) is 37.7 Å². The number of anilines is 1. The van der Waals surface area contributed by atoms with E-state index in [4.69, 9.17) is 16.6 Å². The highest BCUT2D eigenvalue weighted by Crippen LogP contribution is 2.27. The van der Waals surface area contributed by atoms with E-state index in [1.807, 2.05) is 19.1 Å². The first-order valence-corrected chi connectivity index (χ1v) is 22.7. The molecule has 23 nitrogen and oxygen atoms in total. The van der Waals surface area contributed by atoms with Gasteiger partial charge in [-0.25, -0.2) is 0 Å². The number of aliphatic carboxylic acids is 1. The van der Waals surface area contributed by atoms with Gasteiger partial charge in [-0.3, -0.25) is 48.5 Å². The second kappa shape index (κ2) is 25.5. The smallest absolute Gasteiger partial charge is 0.310 e. The number of hydrogen-bond donors (Lipinski definition) is 11. The van der Waals surface area contributed by atoms with Crippen molar-refractivity contribution < 1.29 is 58.6 Å². The van der Waals surface area contributed by atoms with Crippen LogP contribution in [0.25, 0.3) is 0 Å². The van der Waals surface area contributed by atoms with Crippen LogP contribution in [0.3, 0.4) is 0 Å². The number of nitrogens with two attached hydrogens (primary N) is 2. The van der Waals surface area contributed by atoms with E-state index in [1.165, 1.54) is 36.9 Å². The van der Waals surface area contributed by atoms with Gasteiger partial charge in [-0.15, -0.1) is 0 Å². The normalized spacial score (nSPS) is 16.2. The molecule has 1 aliphatic rings. The van der Waals surface area contributed by atoms with E-state index < -0.39 is 125 Å². The third kappa shape index (κ3) is 15.6. The topological polar surface area (TPSA) is 368 Å². The summed E-state index contributed by atoms with van der Waals surface area (Å²) in [5.74, 6) is -7.80. The standard InChI is InChI=1S/C47H62N10O13/c1-5-25(2)40(55-43(64)34(21-28-12-15-31(58)16-13-28)50-24-30-9-6-7-10-32(30)48)46(67)51-26(3)42(63)52-27(4)47(68)56-20-8-11-36(56)45(66)54-35(22-29-14-18-38(59)37(23-29)57(69)70)44(65)53-33(41(49)62)17-19-39(60)61/h6-7,9-10,12-16,18,23,25-27,33-36,40,50,58-59H,5,8,11,17,19-22,24,48H2,1-4H3,(H2,49,62)(H,51,67)(H,52,63)(H,53,65)(H,54,66)(H,55,64)(H,60,61)/t25-,26-,27-,33-,34-,35-,36-,40-/m0/s1. The van der Waals surface area contributed by atoms with Crippen LogP contribution in [0.15, 0.2) is 66.7 Å². The number of carbonyl (C=O) groups is 8. The lowest BCUT2D eigenvalue weighted by molar-refractivity contribution is -0.385. The number of nitro groups is 1. The third-order valence-electron chi connectivity index (χ3n) is 12.0. The lowest BCUT2D eigenvalue weighted by Gasteiger charge is -2.30. The van der Waals surface area contributed by atoms with E-state index in [2.05, 4.69) is 31.9 Å². The highest BCUT2D eigenvalue weighted by molar-refractivity contribution is 5.97. The molecule has 7 amide bonds. The highest BCUT2D eigenvalue weighted by Gasteiger charge is 2.39. The first kappa shape index (κ1) is 54.8. The number of nitrogens with one attached hydrogen (secondary N) is 6. The Balaban J connectivity index is 1.44. The molecule has 378 valence electrons. The SMILES string of the molecule is CC[C@H](C)[C@H](NC(=O)[C@H](Cc1ccc(O)cc1)NCc1ccccc1N)C(=O)N[C@@H](C)C(=O)N[C@@H](C)C(=O)N1CCC[C@H]1C(=O)N[C@@H](Cc1ccc(O)c([N+](=O)[O-])c1)C(=O)N[C@@H](CCC(=O)O)C(N)=O. The van der Waals surface area contributed by atoms with Crippen LogP contribution in [-0.4, -0.2) is 121 Å². The Labute approximate surface area is 403 Å². The van der Waals surface area contributed by atoms with Crippen molar-refractivity contribution in [3.8, 4) is 11.5 Å². The zero-order chi connectivity index (χ0) is 51.8. The number of nitro benzene ring substituents is 1. The maximum atomic E-state index is 14.0. The third-order valence-corrected chi connectivity index (χ3v) is 12.0. The Morgan fingerprint density at radius 1 is 0.786 bits per heavy atom. The van der Waals surface area contributed by atoms with Crippen molar-refractivity contribution in [2.45, 2.75) is 121 Å². The number of phenolic OH excluding ortho intramolecular Hbond substituents is 2. The van der Waals surface area contributed by atoms with E-state index in [0.29, 0.717) is 18.5 Å². The van der Waals surface area contributed by atoms with Gasteiger partial charge < -0.3 is 63.6 Å². The molecule has 70 heavy (non-hydrogen) atoms. The lowest BCUT2D eigenvalue weighted by atomic mass is 9.96. The van der Waals surface area contributed by atoms with Crippen molar-refractivity contribution in [3.63, 3.8) is 0 Å². The van der Waals surface area contributed by atoms with Gasteiger partial charge in [0.2, 0.25) is 41.4 Å². The van der Waals surface area contributed by atoms with Gasteiger partial charge in [-0.05, 0) is 86.4 Å². The average Bonchev–Trinajstić information content (AvgIpc) is 3.81. The van der Waals surface area contributed by atoms with Crippen molar-refractivity contribution in [1.29, 1.82) is 0 Å². The van der Waals surface area contributed by atoms with Crippen molar-refractivity contribution in [2.75, 3.05) is 12.3 Å². The second-order valence-corrected chi connectivity index (χ2v) is 17.3. The molecule has 3 aromatic carbocycles. The number of carbonyl (C=O) groups excluding carboxylic acids is 7. The van der Waals surface area contributed by atoms with E-state index in [0.717, 1.165) is 23.3 Å². The molecule has 1 saturated heterocycles. The van der Waals surface area contributed by atoms with E-state index in [1.54, 1.807) is 31.2 Å². The summed E-state index contributed by atoms with van der Waals surface area (Å²) in [6, 6.07) is 8.15. The molecule has 0 radical (unpaired) electrons. The van der Waals surface area contributed by atoms with Crippen molar-refractivity contribution >= 4 is 58.7 Å². The summed E-state index contributed by atoms with van der Waals surface area (Å²) in [4.78, 5) is 118. The average molecular weight is 975 g/mol. The Morgan fingerprint density at radius 2 is 1.41 bits per heavy atom. The maximum absolute atomic E-state index is 14.0. The number of rotatable bonds is 25. The van der Waals surface area contributed by atoms with Gasteiger partial charge in [-0.2, -0.15) is 0 Å². The number of primary amides is 1. The molecule has 0 aromatic heterocycles. The fraction of sp³-hybridized carbons (Fsp3) is 0.447. The first-order chi connectivity index (χ1) is 33.1. The highest BCUT2D eigenvalue weighted by atomic mass is 16.6. The van der Waals surface area contributed by atoms with Crippen LogP contribution in [-0.2, 0) is 57.7 Å². The fourth-order valence-corrected chi connectivity index (χ4v) is 7.71. The van der Waals surface area contributed by atoms with Crippen LogP contribution in [0, 0.1) is 16.0 Å². The lowest BCUT2D eigenvalue weighted by Crippen LogP contribution is -2.59. The molecule has 8 atom stereocenters. The zero-order valence-corrected chi connectivity index (χ0v) is 39.3. The first-order valence-electron chi connectivity index (χ1n) is 22.7. The molecule has 0 aliphatic carbocycles. The molecule has 0 spiro atoms. The van der Waals surface area contributed by atoms with Gasteiger partial charge in [0.1, 0.15) is 42.0 Å². The number of carboxylic acids is 1. The predicted octanol–water partition coefficient (Wildman–Crippen LogP) is 0.383. The van der Waals surface area contributed by atoms with Gasteiger partial charge in [0.05, 0.1) is 11.0 Å². The zero-order valence-electron chi connectivity index (χ0n) is 39.3. The van der Waals surface area contributed by atoms with Crippen LogP contribution < -0.4 is 43.4 Å². The molecule has 0 bridgehead atoms. The van der Waals surface area contributed by atoms with Crippen LogP contribution >= 0.6 is 0 Å². The number of likely N-dealkylation sites (tertiary alicyclic amines) is 1. The number of nitrogen functional groups attached to an aromatic ring is 1. The number of benzene rings is 3. The second-order valence-electron chi connectivity index (χ2n) is 17.3. The van der Waals surface area contributed by atoms with Crippen LogP contribution in [0.1, 0.15) is 76.5 Å². The summed E-state index contributed by atoms with van der Waals surface area (Å²) in [6.45, 7) is 6.66. The quantitative estimate of drug-likeness (QED) is 0.0311. The van der Waals surface area contributed by atoms with Crippen LogP contribution in [0.2, 0.25) is 0 Å². The Morgan fingerprint density at radius 3 is 2.04 bits per heavy atom. The van der Waals surface area contributed by atoms with Gasteiger partial charge in [0.25, 0.3) is 0 Å². The van der Waals surface area contributed by atoms with Crippen molar-refractivity contribution in [1.82, 2.24) is 36.8 Å². The van der Waals surface area contributed by atoms with Crippen molar-refractivity contribution in [2.24, 2.45) is 11.7 Å². The molecule has 1 heterocycles. The molecular formula is C47H62N10O13. The Hall–Kier alpha value is -7.82. The number of carboxylic acid groups (broad SMARTS) is 1. The minimum atomic E-state index is -1.55. The summed E-state index contributed by atoms with van der Waals surface area (Å²) >= 11 is 0. The largest absolute Gasteiger partial charge is 0.508 e. The number of amides is 7. The molecule has 3 aromatic rings. The van der Waals surface area contributed by atoms with Gasteiger partial charge in [0.15, 0.2) is 5.75 Å². The Bertz CT molecular complexity index is 2400. The number of nitrogens with zero attached hydrogens (tertiary/aromatic N) is 2. The molecule has 1 fully saturated rings. The minimum absolute atomic E-state index is 0.0507. The molecule has 0 unspecified atom stereocenters. The number of para-hydroxylation sites is 1. The Kier molecular flexibility index (Phi) is 20.0. The molecule has 1 aliphatic heterocycles. The molecule has 13 N–H and O–H groups in total. The van der Waals surface area contributed by atoms with Crippen LogP contribution in [0.5, 0.6) is 11.5 Å². The summed E-state index contributed by atoms with van der Waals surface area (Å²) in [7, 11) is 0. The molecule has 23 heteroatoms. The van der Waals surface area contributed by atoms with Gasteiger partial charge in [-0.1, -0.05) is 56.7 Å². The molecule has 0 saturated carbocycles. The van der Waals surface area contributed by atoms with E-state index in [9.17, 15) is 58.7 Å².